The maximum absolute atomic E-state index is 13.4. The van der Waals surface area contributed by atoms with E-state index in [4.69, 9.17) is 4.74 Å². The summed E-state index contributed by atoms with van der Waals surface area (Å²) in [5.41, 5.74) is -1.23. The molecule has 2 fully saturated rings. The van der Waals surface area contributed by atoms with Crippen molar-refractivity contribution in [3.63, 3.8) is 0 Å². The summed E-state index contributed by atoms with van der Waals surface area (Å²) in [5, 5.41) is 2.17. The molecule has 0 bridgehead atoms. The molecule has 1 aromatic carbocycles. The molecular weight excluding hydrogens is 429 g/mol. The molecule has 2 atom stereocenters. The number of esters is 1. The van der Waals surface area contributed by atoms with Gasteiger partial charge in [0.15, 0.2) is 0 Å². The van der Waals surface area contributed by atoms with Crippen LogP contribution in [0.3, 0.4) is 0 Å². The number of para-hydroxylation sites is 1. The highest BCUT2D eigenvalue weighted by Gasteiger charge is 2.46. The number of ether oxygens (including phenoxy) is 1. The first kappa shape index (κ1) is 23.8. The smallest absolute Gasteiger partial charge is 0.418 e. The van der Waals surface area contributed by atoms with E-state index >= 15 is 0 Å². The molecule has 2 unspecified atom stereocenters. The minimum Gasteiger partial charge on any atom is -0.464 e. The normalized spacial score (nSPS) is 22.6. The number of anilines is 1. The number of halogens is 3. The second kappa shape index (κ2) is 10.1. The maximum atomic E-state index is 13.4. The van der Waals surface area contributed by atoms with Gasteiger partial charge >= 0.3 is 18.2 Å². The van der Waals surface area contributed by atoms with Crippen LogP contribution in [0.2, 0.25) is 0 Å². The lowest BCUT2D eigenvalue weighted by molar-refractivity contribution is -0.149. The second-order valence-electron chi connectivity index (χ2n) is 8.54. The molecule has 5 nitrogen and oxygen atoms in total. The van der Waals surface area contributed by atoms with Gasteiger partial charge in [0, 0.05) is 5.75 Å². The Morgan fingerprint density at radius 3 is 2.52 bits per heavy atom. The van der Waals surface area contributed by atoms with E-state index in [2.05, 4.69) is 5.32 Å². The monoisotopic (exact) mass is 458 g/mol. The first-order valence-corrected chi connectivity index (χ1v) is 11.8. The summed E-state index contributed by atoms with van der Waals surface area (Å²) in [5.74, 6) is 0.240. The molecule has 2 aliphatic rings. The van der Waals surface area contributed by atoms with Gasteiger partial charge in [-0.2, -0.15) is 13.2 Å². The SMILES string of the molecule is CC(C)COC(=O)C1CSC(C2CCCCC2)N1C(=O)Nc1ccccc1C(F)(F)F. The van der Waals surface area contributed by atoms with Crippen LogP contribution in [-0.2, 0) is 15.7 Å². The van der Waals surface area contributed by atoms with Crippen molar-refractivity contribution in [2.75, 3.05) is 17.7 Å². The Morgan fingerprint density at radius 1 is 1.19 bits per heavy atom. The standard InChI is InChI=1S/C22H29F3N2O3S/c1-14(2)12-30-20(28)18-13-31-19(15-8-4-3-5-9-15)27(18)21(29)26-17-11-7-6-10-16(17)22(23,24)25/h6-7,10-11,14-15,18-19H,3-5,8-9,12-13H2,1-2H3,(H,26,29). The number of alkyl halides is 3. The van der Waals surface area contributed by atoms with Crippen molar-refractivity contribution in [3.8, 4) is 0 Å². The van der Waals surface area contributed by atoms with E-state index in [9.17, 15) is 22.8 Å². The van der Waals surface area contributed by atoms with Crippen molar-refractivity contribution in [3.05, 3.63) is 29.8 Å². The van der Waals surface area contributed by atoms with Crippen molar-refractivity contribution >= 4 is 29.4 Å². The van der Waals surface area contributed by atoms with Gasteiger partial charge in [-0.25, -0.2) is 9.59 Å². The molecule has 1 N–H and O–H groups in total. The molecule has 1 aromatic rings. The van der Waals surface area contributed by atoms with Crippen molar-refractivity contribution in [2.45, 2.75) is 63.5 Å². The van der Waals surface area contributed by atoms with E-state index in [1.807, 2.05) is 13.8 Å². The van der Waals surface area contributed by atoms with E-state index in [0.717, 1.165) is 38.2 Å². The first-order valence-electron chi connectivity index (χ1n) is 10.7. The van der Waals surface area contributed by atoms with E-state index in [0.29, 0.717) is 5.75 Å². The Kier molecular flexibility index (Phi) is 7.78. The molecule has 1 saturated carbocycles. The molecule has 1 heterocycles. The number of benzene rings is 1. The number of nitrogens with zero attached hydrogens (tertiary/aromatic N) is 1. The number of nitrogens with one attached hydrogen (secondary N) is 1. The average Bonchev–Trinajstić information content (AvgIpc) is 3.17. The highest BCUT2D eigenvalue weighted by Crippen LogP contribution is 2.41. The number of carbonyl (C=O) groups is 2. The predicted molar refractivity (Wildman–Crippen MR) is 115 cm³/mol. The molecule has 3 rings (SSSR count). The Hall–Kier alpha value is -1.90. The van der Waals surface area contributed by atoms with Crippen molar-refractivity contribution < 1.29 is 27.5 Å². The largest absolute Gasteiger partial charge is 0.464 e. The number of rotatable bonds is 5. The third-order valence-electron chi connectivity index (χ3n) is 5.63. The van der Waals surface area contributed by atoms with Gasteiger partial charge in [-0.15, -0.1) is 11.8 Å². The molecule has 0 radical (unpaired) electrons. The lowest BCUT2D eigenvalue weighted by Gasteiger charge is -2.35. The quantitative estimate of drug-likeness (QED) is 0.570. The van der Waals surface area contributed by atoms with Crippen LogP contribution in [0.25, 0.3) is 0 Å². The molecule has 1 aliphatic carbocycles. The van der Waals surface area contributed by atoms with Crippen LogP contribution < -0.4 is 5.32 Å². The zero-order chi connectivity index (χ0) is 22.6. The summed E-state index contributed by atoms with van der Waals surface area (Å²) < 4.78 is 45.5. The van der Waals surface area contributed by atoms with Crippen molar-refractivity contribution in [1.29, 1.82) is 0 Å². The van der Waals surface area contributed by atoms with Gasteiger partial charge in [-0.3, -0.25) is 4.90 Å². The molecular formula is C22H29F3N2O3S. The Labute approximate surface area is 185 Å². The number of urea groups is 1. The fraction of sp³-hybridized carbons (Fsp3) is 0.636. The van der Waals surface area contributed by atoms with Gasteiger partial charge in [0.1, 0.15) is 6.04 Å². The molecule has 31 heavy (non-hydrogen) atoms. The number of hydrogen-bond acceptors (Lipinski definition) is 4. The summed E-state index contributed by atoms with van der Waals surface area (Å²) >= 11 is 1.52. The molecule has 2 amide bonds. The van der Waals surface area contributed by atoms with Gasteiger partial charge in [0.2, 0.25) is 0 Å². The number of thioether (sulfide) groups is 1. The van der Waals surface area contributed by atoms with E-state index < -0.39 is 29.8 Å². The van der Waals surface area contributed by atoms with Gasteiger partial charge < -0.3 is 10.1 Å². The lowest BCUT2D eigenvalue weighted by Crippen LogP contribution is -2.50. The molecule has 0 aromatic heterocycles. The predicted octanol–water partition coefficient (Wildman–Crippen LogP) is 5.76. The fourth-order valence-corrected chi connectivity index (χ4v) is 5.74. The maximum Gasteiger partial charge on any atom is 0.418 e. The second-order valence-corrected chi connectivity index (χ2v) is 9.69. The Bertz CT molecular complexity index is 782. The zero-order valence-electron chi connectivity index (χ0n) is 17.8. The lowest BCUT2D eigenvalue weighted by atomic mass is 9.88. The van der Waals surface area contributed by atoms with Crippen LogP contribution in [0.15, 0.2) is 24.3 Å². The summed E-state index contributed by atoms with van der Waals surface area (Å²) in [6.07, 6.45) is 0.525. The van der Waals surface area contributed by atoms with E-state index in [1.165, 1.54) is 34.9 Å². The van der Waals surface area contributed by atoms with Crippen molar-refractivity contribution in [1.82, 2.24) is 4.90 Å². The Balaban J connectivity index is 1.84. The number of hydrogen-bond donors (Lipinski definition) is 1. The van der Waals surface area contributed by atoms with Crippen molar-refractivity contribution in [2.24, 2.45) is 11.8 Å². The minimum atomic E-state index is -4.60. The highest BCUT2D eigenvalue weighted by atomic mass is 32.2. The molecule has 9 heteroatoms. The minimum absolute atomic E-state index is 0.146. The summed E-state index contributed by atoms with van der Waals surface area (Å²) in [7, 11) is 0. The highest BCUT2D eigenvalue weighted by molar-refractivity contribution is 8.00. The van der Waals surface area contributed by atoms with Gasteiger partial charge in [-0.05, 0) is 36.8 Å². The van der Waals surface area contributed by atoms with Crippen LogP contribution in [0.4, 0.5) is 23.7 Å². The van der Waals surface area contributed by atoms with Crippen LogP contribution in [0.5, 0.6) is 0 Å². The number of amides is 2. The summed E-state index contributed by atoms with van der Waals surface area (Å²) in [4.78, 5) is 27.4. The molecule has 172 valence electrons. The van der Waals surface area contributed by atoms with Crippen LogP contribution in [0.1, 0.15) is 51.5 Å². The first-order chi connectivity index (χ1) is 14.7. The topological polar surface area (TPSA) is 58.6 Å². The molecule has 1 aliphatic heterocycles. The third-order valence-corrected chi connectivity index (χ3v) is 7.09. The van der Waals surface area contributed by atoms with Crippen LogP contribution >= 0.6 is 11.8 Å². The summed E-state index contributed by atoms with van der Waals surface area (Å²) in [6.45, 7) is 4.07. The fourth-order valence-electron chi connectivity index (χ4n) is 4.11. The van der Waals surface area contributed by atoms with Crippen LogP contribution in [0, 0.1) is 11.8 Å². The van der Waals surface area contributed by atoms with E-state index in [-0.39, 0.29) is 29.5 Å². The van der Waals surface area contributed by atoms with Gasteiger partial charge in [-0.1, -0.05) is 45.2 Å². The van der Waals surface area contributed by atoms with Gasteiger partial charge in [0.05, 0.1) is 23.2 Å². The van der Waals surface area contributed by atoms with E-state index in [1.54, 1.807) is 0 Å². The molecule has 1 saturated heterocycles. The summed E-state index contributed by atoms with van der Waals surface area (Å²) in [6, 6.07) is 3.38. The van der Waals surface area contributed by atoms with Crippen LogP contribution in [-0.4, -0.2) is 40.7 Å². The number of carbonyl (C=O) groups excluding carboxylic acids is 2. The Morgan fingerprint density at radius 2 is 1.87 bits per heavy atom. The van der Waals surface area contributed by atoms with Gasteiger partial charge in [0.25, 0.3) is 0 Å². The average molecular weight is 459 g/mol. The third kappa shape index (κ3) is 5.87. The zero-order valence-corrected chi connectivity index (χ0v) is 18.6. The molecule has 0 spiro atoms.